The van der Waals surface area contributed by atoms with E-state index in [9.17, 15) is 4.79 Å². The number of carbonyl (C=O) groups is 1. The van der Waals surface area contributed by atoms with Gasteiger partial charge in [0.2, 0.25) is 0 Å². The summed E-state index contributed by atoms with van der Waals surface area (Å²) in [6.45, 7) is 10.1. The Balaban J connectivity index is 1.58. The van der Waals surface area contributed by atoms with Gasteiger partial charge in [0.1, 0.15) is 11.4 Å². The summed E-state index contributed by atoms with van der Waals surface area (Å²) in [5, 5.41) is 9.04. The second-order valence-corrected chi connectivity index (χ2v) is 9.04. The van der Waals surface area contributed by atoms with Gasteiger partial charge >= 0.3 is 7.12 Å². The van der Waals surface area contributed by atoms with Crippen LogP contribution in [0.4, 0.5) is 0 Å². The van der Waals surface area contributed by atoms with E-state index in [2.05, 4.69) is 10.2 Å². The van der Waals surface area contributed by atoms with E-state index in [-0.39, 0.29) is 5.78 Å². The Morgan fingerprint density at radius 3 is 2.09 bits per heavy atom. The lowest BCUT2D eigenvalue weighted by molar-refractivity contribution is 0.00578. The lowest BCUT2D eigenvalue weighted by Gasteiger charge is -2.32. The first kappa shape index (κ1) is 22.2. The molecule has 4 rings (SSSR count). The molecule has 2 heterocycles. The second-order valence-electron chi connectivity index (χ2n) is 9.04. The summed E-state index contributed by atoms with van der Waals surface area (Å²) in [4.78, 5) is 13.8. The van der Waals surface area contributed by atoms with E-state index in [1.54, 1.807) is 11.9 Å². The number of Topliss-reactive ketones (excluding diaryl/α,β-unsaturated/α-hetero) is 1. The van der Waals surface area contributed by atoms with Crippen molar-refractivity contribution < 1.29 is 18.8 Å². The maximum absolute atomic E-state index is 12.2. The van der Waals surface area contributed by atoms with E-state index < -0.39 is 18.3 Å². The molecule has 166 valence electrons. The van der Waals surface area contributed by atoms with Crippen LogP contribution in [0.3, 0.4) is 0 Å². The van der Waals surface area contributed by atoms with Crippen LogP contribution < -0.4 is 10.2 Å². The average Bonchev–Trinajstić information content (AvgIpc) is 3.26. The van der Waals surface area contributed by atoms with Crippen molar-refractivity contribution >= 4 is 18.4 Å². The van der Waals surface area contributed by atoms with Crippen molar-refractivity contribution in [2.24, 2.45) is 0 Å². The summed E-state index contributed by atoms with van der Waals surface area (Å²) in [6, 6.07) is 15.4. The van der Waals surface area contributed by atoms with Gasteiger partial charge in [0, 0.05) is 12.5 Å². The minimum atomic E-state index is -0.438. The molecule has 1 aliphatic heterocycles. The zero-order valence-electron chi connectivity index (χ0n) is 19.4. The molecule has 8 heteroatoms. The van der Waals surface area contributed by atoms with Crippen LogP contribution in [-0.4, -0.2) is 46.2 Å². The molecular weight excluding hydrogens is 405 g/mol. The molecule has 1 aliphatic rings. The van der Waals surface area contributed by atoms with E-state index in [0.717, 1.165) is 22.3 Å². The van der Waals surface area contributed by atoms with Crippen molar-refractivity contribution in [3.05, 3.63) is 59.8 Å². The number of carbonyl (C=O) groups excluding carboxylic acids is 1. The summed E-state index contributed by atoms with van der Waals surface area (Å²) < 4.78 is 17.5. The zero-order chi connectivity index (χ0) is 23.1. The Labute approximate surface area is 188 Å². The van der Waals surface area contributed by atoms with Crippen LogP contribution in [0.15, 0.2) is 48.5 Å². The molecule has 1 fully saturated rings. The van der Waals surface area contributed by atoms with Gasteiger partial charge in [-0.2, -0.15) is 9.90 Å². The second kappa shape index (κ2) is 8.18. The summed E-state index contributed by atoms with van der Waals surface area (Å²) in [5.74, 6) is 0.658. The fraction of sp³-hybridized carbons (Fsp3) is 0.375. The topological polar surface area (TPSA) is 75.5 Å². The minimum Gasteiger partial charge on any atom is -0.497 e. The van der Waals surface area contributed by atoms with Crippen molar-refractivity contribution in [3.63, 3.8) is 0 Å². The zero-order valence-corrected chi connectivity index (χ0v) is 19.4. The Hall–Kier alpha value is -2.97. The van der Waals surface area contributed by atoms with Crippen molar-refractivity contribution in [2.75, 3.05) is 7.11 Å². The Kier molecular flexibility index (Phi) is 5.69. The van der Waals surface area contributed by atoms with Crippen LogP contribution in [0, 0.1) is 0 Å². The minimum absolute atomic E-state index is 0.129. The van der Waals surface area contributed by atoms with Crippen molar-refractivity contribution in [3.8, 4) is 17.0 Å². The largest absolute Gasteiger partial charge is 0.497 e. The van der Waals surface area contributed by atoms with Gasteiger partial charge in [-0.3, -0.25) is 4.79 Å². The third-order valence-electron chi connectivity index (χ3n) is 6.18. The predicted molar refractivity (Wildman–Crippen MR) is 123 cm³/mol. The van der Waals surface area contributed by atoms with E-state index in [1.807, 2.05) is 76.2 Å². The molecule has 7 nitrogen and oxygen atoms in total. The van der Waals surface area contributed by atoms with Gasteiger partial charge in [-0.05, 0) is 50.9 Å². The molecule has 0 atom stereocenters. The maximum atomic E-state index is 12.2. The molecule has 3 aromatic rings. The number of benzene rings is 2. The van der Waals surface area contributed by atoms with E-state index in [0.29, 0.717) is 17.9 Å². The highest BCUT2D eigenvalue weighted by atomic mass is 16.7. The SMILES string of the molecule is COc1ccc(Cn2nc(C(C)=O)c(-c3ccc(B4OC(C)(C)C(C)(C)O4)cc3)n2)cc1. The van der Waals surface area contributed by atoms with Crippen LogP contribution in [0.25, 0.3) is 11.3 Å². The van der Waals surface area contributed by atoms with Crippen LogP contribution in [0.5, 0.6) is 5.75 Å². The first-order valence-corrected chi connectivity index (χ1v) is 10.6. The van der Waals surface area contributed by atoms with E-state index >= 15 is 0 Å². The molecule has 0 unspecified atom stereocenters. The molecule has 0 N–H and O–H groups in total. The Bertz CT molecular complexity index is 1110. The van der Waals surface area contributed by atoms with E-state index in [1.165, 1.54) is 6.92 Å². The van der Waals surface area contributed by atoms with Gasteiger partial charge in [0.15, 0.2) is 11.5 Å². The summed E-state index contributed by atoms with van der Waals surface area (Å²) in [7, 11) is 1.19. The maximum Gasteiger partial charge on any atom is 0.494 e. The highest BCUT2D eigenvalue weighted by Gasteiger charge is 2.51. The number of aromatic nitrogens is 3. The number of hydrogen-bond donors (Lipinski definition) is 0. The smallest absolute Gasteiger partial charge is 0.494 e. The first-order valence-electron chi connectivity index (χ1n) is 10.6. The molecule has 0 saturated carbocycles. The molecule has 0 spiro atoms. The highest BCUT2D eigenvalue weighted by molar-refractivity contribution is 6.62. The van der Waals surface area contributed by atoms with Crippen LogP contribution in [-0.2, 0) is 15.9 Å². The summed E-state index contributed by atoms with van der Waals surface area (Å²) >= 11 is 0. The average molecular weight is 433 g/mol. The molecule has 32 heavy (non-hydrogen) atoms. The van der Waals surface area contributed by atoms with Gasteiger partial charge in [-0.25, -0.2) is 0 Å². The van der Waals surface area contributed by atoms with Crippen molar-refractivity contribution in [2.45, 2.75) is 52.4 Å². The summed E-state index contributed by atoms with van der Waals surface area (Å²) in [6.07, 6.45) is 0. The Morgan fingerprint density at radius 2 is 1.56 bits per heavy atom. The lowest BCUT2D eigenvalue weighted by Crippen LogP contribution is -2.41. The molecule has 2 aromatic carbocycles. The number of ketones is 1. The third-order valence-corrected chi connectivity index (χ3v) is 6.18. The van der Waals surface area contributed by atoms with Gasteiger partial charge < -0.3 is 14.0 Å². The molecule has 0 bridgehead atoms. The molecule has 1 aromatic heterocycles. The van der Waals surface area contributed by atoms with Crippen molar-refractivity contribution in [1.82, 2.24) is 15.0 Å². The van der Waals surface area contributed by atoms with Crippen LogP contribution in [0.1, 0.15) is 50.7 Å². The van der Waals surface area contributed by atoms with Gasteiger partial charge in [0.25, 0.3) is 0 Å². The monoisotopic (exact) mass is 433 g/mol. The van der Waals surface area contributed by atoms with Crippen LogP contribution in [0.2, 0.25) is 0 Å². The standard InChI is InChI=1S/C24H28BN3O4/c1-16(29)21-22(27-28(26-21)15-17-7-13-20(30-6)14-8-17)18-9-11-19(12-10-18)25-31-23(2,3)24(4,5)32-25/h7-14H,15H2,1-6H3. The molecule has 0 aliphatic carbocycles. The lowest BCUT2D eigenvalue weighted by atomic mass is 9.78. The highest BCUT2D eigenvalue weighted by Crippen LogP contribution is 2.36. The Morgan fingerprint density at radius 1 is 0.969 bits per heavy atom. The van der Waals surface area contributed by atoms with Gasteiger partial charge in [0.05, 0.1) is 24.9 Å². The number of methoxy groups -OCH3 is 1. The molecule has 0 amide bonds. The van der Waals surface area contributed by atoms with Crippen molar-refractivity contribution in [1.29, 1.82) is 0 Å². The quantitative estimate of drug-likeness (QED) is 0.438. The number of nitrogens with zero attached hydrogens (tertiary/aromatic N) is 3. The normalized spacial score (nSPS) is 16.9. The third kappa shape index (κ3) is 4.20. The predicted octanol–water partition coefficient (Wildman–Crippen LogP) is 3.50. The fourth-order valence-electron chi connectivity index (χ4n) is 3.52. The van der Waals surface area contributed by atoms with Crippen LogP contribution >= 0.6 is 0 Å². The molecule has 0 radical (unpaired) electrons. The number of ether oxygens (including phenoxy) is 1. The summed E-state index contributed by atoms with van der Waals surface area (Å²) in [5.41, 5.74) is 2.86. The molecular formula is C24H28BN3O4. The molecule has 1 saturated heterocycles. The number of rotatable bonds is 6. The van der Waals surface area contributed by atoms with E-state index in [4.69, 9.17) is 14.0 Å². The van der Waals surface area contributed by atoms with Gasteiger partial charge in [-0.15, -0.1) is 5.10 Å². The number of hydrogen-bond acceptors (Lipinski definition) is 6. The fourth-order valence-corrected chi connectivity index (χ4v) is 3.52. The first-order chi connectivity index (χ1) is 15.1. The van der Waals surface area contributed by atoms with Gasteiger partial charge in [-0.1, -0.05) is 36.4 Å².